The Labute approximate surface area is 434 Å². The van der Waals surface area contributed by atoms with Gasteiger partial charge in [0.25, 0.3) is 0 Å². The van der Waals surface area contributed by atoms with E-state index in [1.165, 1.54) is 8.61 Å². The summed E-state index contributed by atoms with van der Waals surface area (Å²) in [7, 11) is -7.34. The summed E-state index contributed by atoms with van der Waals surface area (Å²) in [5.74, 6) is 0.180. The van der Waals surface area contributed by atoms with Crippen LogP contribution in [0.5, 0.6) is 17.2 Å². The highest BCUT2D eigenvalue weighted by atomic mass is 32.2. The van der Waals surface area contributed by atoms with Gasteiger partial charge in [-0.1, -0.05) is 156 Å². The van der Waals surface area contributed by atoms with E-state index in [1.54, 1.807) is 60.7 Å². The molecule has 10 rings (SSSR count). The second kappa shape index (κ2) is 21.7. The number of benzene rings is 7. The number of allylic oxidation sites excluding steroid dienone is 3. The van der Waals surface area contributed by atoms with Crippen molar-refractivity contribution in [3.8, 4) is 39.5 Å². The first-order valence-corrected chi connectivity index (χ1v) is 28.0. The molecule has 0 spiro atoms. The van der Waals surface area contributed by atoms with Crippen LogP contribution >= 0.6 is 0 Å². The van der Waals surface area contributed by atoms with Crippen LogP contribution in [-0.4, -0.2) is 57.2 Å². The predicted octanol–water partition coefficient (Wildman–Crippen LogP) is 12.3. The number of anilines is 1. The number of sulfonamides is 2. The Balaban J connectivity index is 0.000000182. The van der Waals surface area contributed by atoms with Crippen LogP contribution in [0.15, 0.2) is 188 Å². The van der Waals surface area contributed by atoms with E-state index in [9.17, 15) is 42.4 Å². The molecular formula is C61H62N2O9S2. The van der Waals surface area contributed by atoms with Gasteiger partial charge in [-0.05, 0) is 135 Å². The molecule has 0 radical (unpaired) electrons. The highest BCUT2D eigenvalue weighted by Gasteiger charge is 2.56. The van der Waals surface area contributed by atoms with Gasteiger partial charge in [-0.3, -0.25) is 8.61 Å². The molecule has 2 saturated heterocycles. The third kappa shape index (κ3) is 10.7. The molecule has 5 N–H and O–H groups in total. The number of rotatable bonds is 14. The first-order chi connectivity index (χ1) is 35.5. The second-order valence-corrected chi connectivity index (χ2v) is 23.6. The summed E-state index contributed by atoms with van der Waals surface area (Å²) in [6, 6.07) is 48.5. The number of hydrogen-bond acceptors (Lipinski definition) is 9. The highest BCUT2D eigenvalue weighted by molar-refractivity contribution is 7.95. The van der Waals surface area contributed by atoms with E-state index < -0.39 is 54.8 Å². The van der Waals surface area contributed by atoms with Gasteiger partial charge in [-0.25, -0.2) is 16.8 Å². The van der Waals surface area contributed by atoms with E-state index in [4.69, 9.17) is 0 Å². The first-order valence-electron chi connectivity index (χ1n) is 25.0. The Kier molecular flexibility index (Phi) is 15.2. The number of aromatic hydroxyl groups is 3. The van der Waals surface area contributed by atoms with Crippen molar-refractivity contribution in [2.45, 2.75) is 94.1 Å². The summed E-state index contributed by atoms with van der Waals surface area (Å²) in [5.41, 5.74) is 10.4. The van der Waals surface area contributed by atoms with E-state index in [0.717, 1.165) is 57.3 Å². The summed E-state index contributed by atoms with van der Waals surface area (Å²) in [4.78, 5) is 0. The third-order valence-electron chi connectivity index (χ3n) is 14.4. The van der Waals surface area contributed by atoms with Crippen molar-refractivity contribution < 1.29 is 42.4 Å². The van der Waals surface area contributed by atoms with Crippen molar-refractivity contribution >= 4 is 25.7 Å². The quantitative estimate of drug-likeness (QED) is 0.0710. The first kappa shape index (κ1) is 51.7. The van der Waals surface area contributed by atoms with E-state index in [-0.39, 0.29) is 36.5 Å². The van der Waals surface area contributed by atoms with Gasteiger partial charge in [-0.15, -0.1) is 0 Å². The molecule has 0 amide bonds. The Morgan fingerprint density at radius 3 is 1.47 bits per heavy atom. The minimum atomic E-state index is -3.67. The highest BCUT2D eigenvalue weighted by Crippen LogP contribution is 2.52. The van der Waals surface area contributed by atoms with Crippen LogP contribution in [0, 0.1) is 20.8 Å². The lowest BCUT2D eigenvalue weighted by molar-refractivity contribution is 0.156. The smallest absolute Gasteiger partial charge is 0.241 e. The van der Waals surface area contributed by atoms with Crippen LogP contribution in [0.2, 0.25) is 0 Å². The summed E-state index contributed by atoms with van der Waals surface area (Å²) < 4.78 is 56.9. The molecule has 2 fully saturated rings. The Morgan fingerprint density at radius 2 is 0.986 bits per heavy atom. The lowest BCUT2D eigenvalue weighted by Crippen LogP contribution is -2.58. The van der Waals surface area contributed by atoms with Gasteiger partial charge in [0.1, 0.15) is 27.7 Å². The zero-order valence-corrected chi connectivity index (χ0v) is 43.2. The van der Waals surface area contributed by atoms with Crippen LogP contribution < -0.4 is 4.31 Å². The minimum absolute atomic E-state index is 0.00443. The number of phenolic OH excluding ortho intramolecular Hbond substituents is 3. The summed E-state index contributed by atoms with van der Waals surface area (Å²) in [6.45, 7) is 5.98. The normalized spacial score (nSPS) is 20.3. The molecular weight excluding hydrogens is 969 g/mol. The molecule has 0 bridgehead atoms. The van der Waals surface area contributed by atoms with Crippen molar-refractivity contribution in [1.82, 2.24) is 4.31 Å². The molecule has 1 aliphatic carbocycles. The van der Waals surface area contributed by atoms with E-state index >= 15 is 0 Å². The van der Waals surface area contributed by atoms with Crippen molar-refractivity contribution in [2.75, 3.05) is 4.31 Å². The third-order valence-corrected chi connectivity index (χ3v) is 18.9. The molecule has 0 saturated carbocycles. The van der Waals surface area contributed by atoms with Gasteiger partial charge in [0.05, 0.1) is 30.0 Å². The van der Waals surface area contributed by atoms with Crippen LogP contribution in [0.3, 0.4) is 0 Å². The number of phenols is 3. The molecule has 13 heteroatoms. The van der Waals surface area contributed by atoms with Crippen molar-refractivity contribution in [1.29, 1.82) is 0 Å². The predicted molar refractivity (Wildman–Crippen MR) is 292 cm³/mol. The van der Waals surface area contributed by atoms with Gasteiger partial charge >= 0.3 is 0 Å². The number of aryl methyl sites for hydroxylation is 3. The van der Waals surface area contributed by atoms with Gasteiger partial charge < -0.3 is 25.5 Å². The molecule has 7 aromatic carbocycles. The number of para-hydroxylation sites is 1. The fourth-order valence-corrected chi connectivity index (χ4v) is 14.6. The van der Waals surface area contributed by atoms with Crippen LogP contribution in [0.1, 0.15) is 102 Å². The lowest BCUT2D eigenvalue weighted by atomic mass is 9.93. The lowest BCUT2D eigenvalue weighted by Gasteiger charge is -2.49. The van der Waals surface area contributed by atoms with Crippen LogP contribution in [0.4, 0.5) is 5.69 Å². The summed E-state index contributed by atoms with van der Waals surface area (Å²) in [6.07, 6.45) is 6.88. The molecule has 6 unspecified atom stereocenters. The van der Waals surface area contributed by atoms with Gasteiger partial charge in [0.15, 0.2) is 0 Å². The van der Waals surface area contributed by atoms with Gasteiger partial charge in [0, 0.05) is 16.8 Å². The molecule has 0 aromatic heterocycles. The molecule has 3 aliphatic rings. The Hall–Kier alpha value is -7.16. The maximum absolute atomic E-state index is 13.5. The SMILES string of the molecule is Cc1ccc(C(O)CCC2C(c3ccc(-c4cccc(C)c4)cc3O)N(c3ccccc3)S2(=O)=O)cc1.Cc1ccc(C(O)CCC2C(c3ccc(-c4cccc(O)c4)cc3O)N(C3=CCCC=C3)S2(=O)=O)cc1. The fourth-order valence-electron chi connectivity index (χ4n) is 10.3. The molecule has 74 heavy (non-hydrogen) atoms. The molecule has 6 atom stereocenters. The van der Waals surface area contributed by atoms with Gasteiger partial charge in [-0.2, -0.15) is 0 Å². The van der Waals surface area contributed by atoms with Crippen LogP contribution in [-0.2, 0) is 20.0 Å². The van der Waals surface area contributed by atoms with E-state index in [0.29, 0.717) is 34.5 Å². The zero-order valence-electron chi connectivity index (χ0n) is 41.6. The maximum Gasteiger partial charge on any atom is 0.241 e. The summed E-state index contributed by atoms with van der Waals surface area (Å²) in [5, 5.41) is 52.0. The zero-order chi connectivity index (χ0) is 52.3. The van der Waals surface area contributed by atoms with Crippen molar-refractivity contribution in [3.05, 3.63) is 227 Å². The fraction of sp³-hybridized carbons (Fsp3) is 0.246. The number of aliphatic hydroxyl groups is 2. The molecule has 2 aliphatic heterocycles. The van der Waals surface area contributed by atoms with Crippen LogP contribution in [0.25, 0.3) is 22.3 Å². The average Bonchev–Trinajstić information content (AvgIpc) is 3.42. The maximum atomic E-state index is 13.5. The number of nitrogens with zero attached hydrogens (tertiary/aromatic N) is 2. The molecule has 7 aromatic rings. The summed E-state index contributed by atoms with van der Waals surface area (Å²) >= 11 is 0. The molecule has 382 valence electrons. The topological polar surface area (TPSA) is 176 Å². The van der Waals surface area contributed by atoms with E-state index in [1.807, 2.05) is 142 Å². The van der Waals surface area contributed by atoms with Crippen molar-refractivity contribution in [2.24, 2.45) is 0 Å². The minimum Gasteiger partial charge on any atom is -0.508 e. The van der Waals surface area contributed by atoms with Gasteiger partial charge in [0.2, 0.25) is 20.0 Å². The molecule has 2 heterocycles. The number of aliphatic hydroxyl groups excluding tert-OH is 2. The Morgan fingerprint density at radius 1 is 0.500 bits per heavy atom. The Bertz CT molecular complexity index is 3420. The van der Waals surface area contributed by atoms with Crippen molar-refractivity contribution in [3.63, 3.8) is 0 Å². The monoisotopic (exact) mass is 1030 g/mol. The molecule has 11 nitrogen and oxygen atoms in total. The number of hydrogen-bond donors (Lipinski definition) is 5. The standard InChI is InChI=1S/C31H31NO4S.C30H31NO5S/c1-21-11-13-23(14-12-21)28(33)17-18-30-31(32(37(30,35)36)26-9-4-3-5-10-26)27-16-15-25(20-29(27)34)24-8-6-7-22(2)19-24;1-20-10-12-21(13-11-20)27(33)16-17-29-30(31(37(29,35)36)24-7-3-2-4-8-24)26-15-14-23(19-28(26)34)22-6-5-9-25(32)18-22/h3-16,19-20,28,30-31,33-34H,17-18H2,1-2H3;3,5-15,18-19,27,29-30,32-34H,2,4,16-17H2,1H3. The van der Waals surface area contributed by atoms with E-state index in [2.05, 4.69) is 0 Å². The second-order valence-electron chi connectivity index (χ2n) is 19.6. The average molecular weight is 1030 g/mol. The largest absolute Gasteiger partial charge is 0.508 e.